The number of rotatable bonds is 7. The molecule has 3 rings (SSSR count). The lowest BCUT2D eigenvalue weighted by atomic mass is 9.94. The fourth-order valence-corrected chi connectivity index (χ4v) is 4.91. The maximum absolute atomic E-state index is 12.8. The minimum absolute atomic E-state index is 0.0484. The normalized spacial score (nSPS) is 17.8. The minimum atomic E-state index is -0.593. The molecule has 0 atom stereocenters. The molecule has 0 unspecified atom stereocenters. The number of anilines is 1. The Bertz CT molecular complexity index is 967. The van der Waals surface area contributed by atoms with Gasteiger partial charge >= 0.3 is 6.09 Å². The van der Waals surface area contributed by atoms with Crippen LogP contribution in [0.25, 0.3) is 0 Å². The average molecular weight is 538 g/mol. The predicted molar refractivity (Wildman–Crippen MR) is 143 cm³/mol. The molecule has 0 aromatic heterocycles. The first-order valence-electron chi connectivity index (χ1n) is 12.9. The van der Waals surface area contributed by atoms with Crippen LogP contribution < -0.4 is 21.1 Å². The van der Waals surface area contributed by atoms with Crippen molar-refractivity contribution in [2.45, 2.75) is 58.1 Å². The first-order chi connectivity index (χ1) is 17.4. The lowest BCUT2D eigenvalue weighted by Crippen LogP contribution is -2.48. The number of amides is 3. The van der Waals surface area contributed by atoms with Crippen LogP contribution in [0.2, 0.25) is 5.02 Å². The number of benzene rings is 1. The zero-order valence-corrected chi connectivity index (χ0v) is 23.0. The van der Waals surface area contributed by atoms with Gasteiger partial charge in [0.1, 0.15) is 17.9 Å². The lowest BCUT2D eigenvalue weighted by Gasteiger charge is -2.38. The SMILES string of the molecule is COc1cc(N)c(Cl)cc1C(=O)NC1CCN(CC2CCN(C(=O)CNC(=O)OC(C)(C)C)CC2)CC1. The third kappa shape index (κ3) is 8.67. The van der Waals surface area contributed by atoms with Crippen LogP contribution in [0.5, 0.6) is 5.75 Å². The van der Waals surface area contributed by atoms with Crippen molar-refractivity contribution in [3.63, 3.8) is 0 Å². The van der Waals surface area contributed by atoms with Gasteiger partial charge < -0.3 is 35.6 Å². The summed E-state index contributed by atoms with van der Waals surface area (Å²) in [6, 6.07) is 3.20. The van der Waals surface area contributed by atoms with E-state index >= 15 is 0 Å². The van der Waals surface area contributed by atoms with Crippen LogP contribution in [0.15, 0.2) is 12.1 Å². The summed E-state index contributed by atoms with van der Waals surface area (Å²) in [6.07, 6.45) is 3.03. The van der Waals surface area contributed by atoms with Gasteiger partial charge in [-0.15, -0.1) is 0 Å². The number of likely N-dealkylation sites (tertiary alicyclic amines) is 2. The number of halogens is 1. The van der Waals surface area contributed by atoms with Gasteiger partial charge in [0, 0.05) is 44.8 Å². The Morgan fingerprint density at radius 3 is 2.32 bits per heavy atom. The quantitative estimate of drug-likeness (QED) is 0.456. The van der Waals surface area contributed by atoms with E-state index in [9.17, 15) is 14.4 Å². The Labute approximate surface area is 224 Å². The van der Waals surface area contributed by atoms with Crippen LogP contribution in [0.3, 0.4) is 0 Å². The van der Waals surface area contributed by atoms with Gasteiger partial charge in [-0.05, 0) is 58.4 Å². The largest absolute Gasteiger partial charge is 0.496 e. The van der Waals surface area contributed by atoms with Crippen molar-refractivity contribution in [1.82, 2.24) is 20.4 Å². The maximum Gasteiger partial charge on any atom is 0.408 e. The number of carbonyl (C=O) groups excluding carboxylic acids is 3. The fraction of sp³-hybridized carbons (Fsp3) is 0.654. The summed E-state index contributed by atoms with van der Waals surface area (Å²) in [4.78, 5) is 41.3. The van der Waals surface area contributed by atoms with Gasteiger partial charge in [0.05, 0.1) is 23.4 Å². The molecule has 11 heteroatoms. The summed E-state index contributed by atoms with van der Waals surface area (Å²) < 4.78 is 10.5. The molecule has 206 valence electrons. The summed E-state index contributed by atoms with van der Waals surface area (Å²) >= 11 is 6.11. The van der Waals surface area contributed by atoms with Crippen molar-refractivity contribution in [1.29, 1.82) is 0 Å². The highest BCUT2D eigenvalue weighted by molar-refractivity contribution is 6.33. The Morgan fingerprint density at radius 2 is 1.73 bits per heavy atom. The van der Waals surface area contributed by atoms with Gasteiger partial charge in [-0.1, -0.05) is 11.6 Å². The van der Waals surface area contributed by atoms with Gasteiger partial charge in [-0.2, -0.15) is 0 Å². The number of carbonyl (C=O) groups is 3. The van der Waals surface area contributed by atoms with Gasteiger partial charge in [-0.3, -0.25) is 9.59 Å². The molecule has 0 aliphatic carbocycles. The summed E-state index contributed by atoms with van der Waals surface area (Å²) in [5.41, 5.74) is 5.98. The smallest absolute Gasteiger partial charge is 0.408 e. The summed E-state index contributed by atoms with van der Waals surface area (Å²) in [5, 5.41) is 5.97. The topological polar surface area (TPSA) is 126 Å². The second-order valence-corrected chi connectivity index (χ2v) is 11.2. The summed E-state index contributed by atoms with van der Waals surface area (Å²) in [6.45, 7) is 9.49. The van der Waals surface area contributed by atoms with Gasteiger partial charge in [0.2, 0.25) is 5.91 Å². The number of hydrogen-bond acceptors (Lipinski definition) is 7. The number of nitrogen functional groups attached to an aromatic ring is 1. The molecule has 0 bridgehead atoms. The van der Waals surface area contributed by atoms with E-state index in [0.717, 1.165) is 45.3 Å². The molecule has 2 fully saturated rings. The van der Waals surface area contributed by atoms with Crippen molar-refractivity contribution >= 4 is 35.2 Å². The third-order valence-electron chi connectivity index (χ3n) is 6.75. The number of nitrogens with one attached hydrogen (secondary N) is 2. The number of hydrogen-bond donors (Lipinski definition) is 3. The van der Waals surface area contributed by atoms with Crippen LogP contribution in [0.1, 0.15) is 56.8 Å². The zero-order valence-electron chi connectivity index (χ0n) is 22.3. The van der Waals surface area contributed by atoms with Crippen molar-refractivity contribution in [3.8, 4) is 5.75 Å². The lowest BCUT2D eigenvalue weighted by molar-refractivity contribution is -0.131. The molecule has 4 N–H and O–H groups in total. The number of alkyl carbamates (subject to hydrolysis) is 1. The number of piperidine rings is 2. The van der Waals surface area contributed by atoms with E-state index in [1.165, 1.54) is 7.11 Å². The molecule has 37 heavy (non-hydrogen) atoms. The maximum atomic E-state index is 12.8. The van der Waals surface area contributed by atoms with E-state index in [0.29, 0.717) is 41.0 Å². The van der Waals surface area contributed by atoms with Crippen molar-refractivity contribution < 1.29 is 23.9 Å². The second kappa shape index (κ2) is 12.7. The fourth-order valence-electron chi connectivity index (χ4n) is 4.74. The minimum Gasteiger partial charge on any atom is -0.496 e. The van der Waals surface area contributed by atoms with E-state index in [1.807, 2.05) is 4.90 Å². The molecule has 2 saturated heterocycles. The van der Waals surface area contributed by atoms with Gasteiger partial charge in [0.25, 0.3) is 5.91 Å². The average Bonchev–Trinajstić information content (AvgIpc) is 2.84. The van der Waals surface area contributed by atoms with Gasteiger partial charge in [-0.25, -0.2) is 4.79 Å². The summed E-state index contributed by atoms with van der Waals surface area (Å²) in [7, 11) is 1.50. The molecular formula is C26H40ClN5O5. The Kier molecular flexibility index (Phi) is 9.89. The number of nitrogens with two attached hydrogens (primary N) is 1. The highest BCUT2D eigenvalue weighted by Crippen LogP contribution is 2.29. The Morgan fingerprint density at radius 1 is 1.08 bits per heavy atom. The molecule has 10 nitrogen and oxygen atoms in total. The highest BCUT2D eigenvalue weighted by atomic mass is 35.5. The molecule has 1 aromatic carbocycles. The van der Waals surface area contributed by atoms with Crippen LogP contribution in [-0.4, -0.2) is 85.7 Å². The molecule has 0 spiro atoms. The van der Waals surface area contributed by atoms with Crippen LogP contribution in [-0.2, 0) is 9.53 Å². The van der Waals surface area contributed by atoms with Crippen molar-refractivity contribution in [3.05, 3.63) is 22.7 Å². The molecule has 0 saturated carbocycles. The second-order valence-electron chi connectivity index (χ2n) is 10.8. The third-order valence-corrected chi connectivity index (χ3v) is 7.08. The van der Waals surface area contributed by atoms with E-state index in [2.05, 4.69) is 15.5 Å². The first kappa shape index (κ1) is 28.8. The van der Waals surface area contributed by atoms with E-state index in [-0.39, 0.29) is 24.4 Å². The molecule has 2 heterocycles. The zero-order chi connectivity index (χ0) is 27.2. The van der Waals surface area contributed by atoms with Crippen molar-refractivity contribution in [2.75, 3.05) is 52.1 Å². The first-order valence-corrected chi connectivity index (χ1v) is 13.2. The van der Waals surface area contributed by atoms with E-state index in [1.54, 1.807) is 32.9 Å². The monoisotopic (exact) mass is 537 g/mol. The van der Waals surface area contributed by atoms with Crippen molar-refractivity contribution in [2.24, 2.45) is 5.92 Å². The summed E-state index contributed by atoms with van der Waals surface area (Å²) in [5.74, 6) is 0.632. The Hall–Kier alpha value is -2.72. The predicted octanol–water partition coefficient (Wildman–Crippen LogP) is 2.89. The van der Waals surface area contributed by atoms with Gasteiger partial charge in [0.15, 0.2) is 0 Å². The molecule has 1 aromatic rings. The van der Waals surface area contributed by atoms with E-state index in [4.69, 9.17) is 26.8 Å². The van der Waals surface area contributed by atoms with Crippen LogP contribution in [0, 0.1) is 5.92 Å². The van der Waals surface area contributed by atoms with Crippen LogP contribution >= 0.6 is 11.6 Å². The molecule has 0 radical (unpaired) electrons. The number of methoxy groups -OCH3 is 1. The highest BCUT2D eigenvalue weighted by Gasteiger charge is 2.28. The molecule has 3 amide bonds. The Balaban J connectivity index is 1.36. The van der Waals surface area contributed by atoms with Crippen LogP contribution in [0.4, 0.5) is 10.5 Å². The molecular weight excluding hydrogens is 498 g/mol. The molecule has 2 aliphatic heterocycles. The number of nitrogens with zero attached hydrogens (tertiary/aromatic N) is 2. The number of ether oxygens (including phenoxy) is 2. The molecule has 2 aliphatic rings. The standard InChI is InChI=1S/C26H40ClN5O5/c1-26(2,3)37-25(35)29-15-23(33)32-11-5-17(6-12-32)16-31-9-7-18(8-10-31)30-24(34)19-13-20(27)21(28)14-22(19)36-4/h13-14,17-18H,5-12,15-16,28H2,1-4H3,(H,29,35)(H,30,34). The van der Waals surface area contributed by atoms with E-state index < -0.39 is 11.7 Å².